The zero-order valence-electron chi connectivity index (χ0n) is 20.3. The second-order valence-corrected chi connectivity index (χ2v) is 8.94. The van der Waals surface area contributed by atoms with E-state index in [1.54, 1.807) is 35.0 Å². The first-order valence-corrected chi connectivity index (χ1v) is 11.8. The summed E-state index contributed by atoms with van der Waals surface area (Å²) in [7, 11) is 0. The third-order valence-corrected chi connectivity index (χ3v) is 6.17. The molecule has 2 amide bonds. The molecule has 14 heteroatoms. The Balaban J connectivity index is 1.18. The van der Waals surface area contributed by atoms with Crippen molar-refractivity contribution < 1.29 is 28.4 Å². The summed E-state index contributed by atoms with van der Waals surface area (Å²) in [5.41, 5.74) is 1.98. The van der Waals surface area contributed by atoms with Crippen molar-refractivity contribution in [3.63, 3.8) is 0 Å². The highest BCUT2D eigenvalue weighted by Crippen LogP contribution is 2.29. The number of aromatic nitrogens is 3. The number of anilines is 1. The Morgan fingerprint density at radius 3 is 2.84 bits per heavy atom. The zero-order chi connectivity index (χ0) is 26.8. The highest BCUT2D eigenvalue weighted by molar-refractivity contribution is 5.90. The number of pyridine rings is 1. The maximum absolute atomic E-state index is 15.0. The monoisotopic (exact) mass is 525 g/mol. The van der Waals surface area contributed by atoms with Crippen LogP contribution in [0.25, 0.3) is 11.1 Å². The van der Waals surface area contributed by atoms with Crippen molar-refractivity contribution in [3.8, 4) is 17.1 Å². The van der Waals surface area contributed by atoms with Crippen molar-refractivity contribution in [3.05, 3.63) is 64.4 Å². The summed E-state index contributed by atoms with van der Waals surface area (Å²) < 4.78 is 27.3. The summed E-state index contributed by atoms with van der Waals surface area (Å²) in [5, 5.41) is 16.8. The molecule has 0 aliphatic carbocycles. The fourth-order valence-electron chi connectivity index (χ4n) is 4.25. The minimum Gasteiger partial charge on any atom is -0.444 e. The lowest BCUT2D eigenvalue weighted by molar-refractivity contribution is -0.389. The maximum Gasteiger partial charge on any atom is 0.414 e. The number of carbonyl (C=O) groups is 2. The van der Waals surface area contributed by atoms with Crippen LogP contribution in [0.4, 0.5) is 20.7 Å². The predicted octanol–water partition coefficient (Wildman–Crippen LogP) is 2.00. The van der Waals surface area contributed by atoms with E-state index in [4.69, 9.17) is 9.47 Å². The molecule has 38 heavy (non-hydrogen) atoms. The number of imidazole rings is 1. The average Bonchev–Trinajstić information content (AvgIpc) is 3.49. The van der Waals surface area contributed by atoms with Gasteiger partial charge in [0.25, 0.3) is 0 Å². The van der Waals surface area contributed by atoms with Gasteiger partial charge in [-0.1, -0.05) is 6.07 Å². The van der Waals surface area contributed by atoms with Gasteiger partial charge in [0.2, 0.25) is 5.91 Å². The van der Waals surface area contributed by atoms with Crippen molar-refractivity contribution in [1.82, 2.24) is 25.2 Å². The molecule has 2 aliphatic heterocycles. The van der Waals surface area contributed by atoms with Crippen LogP contribution in [0, 0.1) is 15.9 Å². The number of hydrogen-bond acceptors (Lipinski definition) is 9. The molecule has 1 aromatic carbocycles. The lowest BCUT2D eigenvalue weighted by atomic mass is 10.1. The molecule has 5 rings (SSSR count). The number of nitrogens with zero attached hydrogens (tertiary/aromatic N) is 5. The van der Waals surface area contributed by atoms with E-state index in [2.05, 4.69) is 20.6 Å². The predicted molar refractivity (Wildman–Crippen MR) is 131 cm³/mol. The quantitative estimate of drug-likeness (QED) is 0.332. The Kier molecular flexibility index (Phi) is 6.87. The molecule has 1 saturated heterocycles. The van der Waals surface area contributed by atoms with E-state index in [0.717, 1.165) is 5.69 Å². The number of carbonyl (C=O) groups excluding carboxylic acids is 2. The van der Waals surface area contributed by atoms with Gasteiger partial charge in [-0.3, -0.25) is 19.2 Å². The molecule has 0 radical (unpaired) electrons. The van der Waals surface area contributed by atoms with Crippen LogP contribution in [0.1, 0.15) is 12.6 Å². The van der Waals surface area contributed by atoms with Crippen LogP contribution in [0.3, 0.4) is 0 Å². The molecule has 13 nitrogen and oxygen atoms in total. The number of fused-ring (bicyclic) bond motifs is 1. The van der Waals surface area contributed by atoms with Crippen molar-refractivity contribution in [1.29, 1.82) is 0 Å². The largest absolute Gasteiger partial charge is 0.444 e. The Hall–Kier alpha value is -4.59. The van der Waals surface area contributed by atoms with E-state index in [1.165, 1.54) is 24.1 Å². The first kappa shape index (κ1) is 25.1. The van der Waals surface area contributed by atoms with Gasteiger partial charge in [-0.15, -0.1) is 0 Å². The number of benzene rings is 1. The topological polar surface area (TPSA) is 154 Å². The lowest BCUT2D eigenvalue weighted by Gasteiger charge is -2.23. The van der Waals surface area contributed by atoms with Gasteiger partial charge in [-0.25, -0.2) is 9.18 Å². The fourth-order valence-corrected chi connectivity index (χ4v) is 4.25. The number of nitrogens with one attached hydrogen (secondary N) is 2. The number of amides is 2. The standard InChI is InChI=1S/C24H24FN7O6/c1-14(33)26-9-19-11-31(24(34)38-19)18-4-5-20(21(25)6-18)15-2-3-16(27-7-15)8-28-17-10-30-12-22(32(35)36)29-23(30)37-13-17/h2-7,12,17,19,28H,8-11,13H2,1H3,(H,26,33)/t17-,19+/m1/s1. The smallest absolute Gasteiger partial charge is 0.414 e. The molecule has 0 spiro atoms. The number of rotatable bonds is 8. The van der Waals surface area contributed by atoms with Crippen molar-refractivity contribution >= 4 is 23.5 Å². The van der Waals surface area contributed by atoms with Crippen LogP contribution in [-0.2, 0) is 22.6 Å². The van der Waals surface area contributed by atoms with Crippen LogP contribution in [-0.4, -0.2) is 63.3 Å². The molecule has 2 aromatic heterocycles. The van der Waals surface area contributed by atoms with E-state index < -0.39 is 22.9 Å². The van der Waals surface area contributed by atoms with Gasteiger partial charge in [0.15, 0.2) is 0 Å². The van der Waals surface area contributed by atoms with Crippen LogP contribution in [0.15, 0.2) is 42.7 Å². The van der Waals surface area contributed by atoms with E-state index in [1.807, 2.05) is 0 Å². The van der Waals surface area contributed by atoms with Gasteiger partial charge in [-0.2, -0.15) is 0 Å². The second kappa shape index (κ2) is 10.4. The van der Waals surface area contributed by atoms with Gasteiger partial charge in [0, 0.05) is 42.3 Å². The number of cyclic esters (lactones) is 1. The minimum atomic E-state index is -0.600. The Morgan fingerprint density at radius 2 is 2.13 bits per heavy atom. The van der Waals surface area contributed by atoms with Crippen LogP contribution < -0.4 is 20.3 Å². The summed E-state index contributed by atoms with van der Waals surface area (Å²) in [6.45, 7) is 2.95. The molecule has 4 heterocycles. The molecule has 0 unspecified atom stereocenters. The van der Waals surface area contributed by atoms with Gasteiger partial charge in [-0.05, 0) is 29.2 Å². The number of hydrogen-bond donors (Lipinski definition) is 2. The average molecular weight is 525 g/mol. The molecule has 3 aromatic rings. The molecular weight excluding hydrogens is 501 g/mol. The van der Waals surface area contributed by atoms with Crippen LogP contribution in [0.2, 0.25) is 0 Å². The maximum atomic E-state index is 15.0. The summed E-state index contributed by atoms with van der Waals surface area (Å²) >= 11 is 0. The molecule has 2 aliphatic rings. The third-order valence-electron chi connectivity index (χ3n) is 6.17. The number of nitro groups is 1. The zero-order valence-corrected chi connectivity index (χ0v) is 20.3. The molecule has 2 atom stereocenters. The Bertz CT molecular complexity index is 1380. The number of halogens is 1. The van der Waals surface area contributed by atoms with Crippen LogP contribution in [0.5, 0.6) is 6.01 Å². The second-order valence-electron chi connectivity index (χ2n) is 8.94. The highest BCUT2D eigenvalue weighted by Gasteiger charge is 2.33. The van der Waals surface area contributed by atoms with Crippen molar-refractivity contribution in [2.24, 2.45) is 0 Å². The fraction of sp³-hybridized carbons (Fsp3) is 0.333. The summed E-state index contributed by atoms with van der Waals surface area (Å²) in [6.07, 6.45) is 1.79. The van der Waals surface area contributed by atoms with Gasteiger partial charge < -0.3 is 30.2 Å². The Morgan fingerprint density at radius 1 is 1.29 bits per heavy atom. The summed E-state index contributed by atoms with van der Waals surface area (Å²) in [6, 6.07) is 8.13. The van der Waals surface area contributed by atoms with Gasteiger partial charge in [0.05, 0.1) is 30.5 Å². The molecule has 198 valence electrons. The summed E-state index contributed by atoms with van der Waals surface area (Å²) in [5.74, 6) is -1.00. The van der Waals surface area contributed by atoms with Crippen molar-refractivity contribution in [2.45, 2.75) is 32.2 Å². The first-order chi connectivity index (χ1) is 18.3. The Labute approximate surface area is 215 Å². The van der Waals surface area contributed by atoms with E-state index in [0.29, 0.717) is 36.5 Å². The SMILES string of the molecule is CC(=O)NC[C@H]1CN(c2ccc(-c3ccc(CN[C@H]4COc5nc([N+](=O)[O-])cn5C4)nc3)c(F)c2)C(=O)O1. The first-order valence-electron chi connectivity index (χ1n) is 11.8. The molecule has 1 fully saturated rings. The molecule has 2 N–H and O–H groups in total. The van der Waals surface area contributed by atoms with E-state index in [9.17, 15) is 24.1 Å². The summed E-state index contributed by atoms with van der Waals surface area (Å²) in [4.78, 5) is 43.2. The van der Waals surface area contributed by atoms with Crippen molar-refractivity contribution in [2.75, 3.05) is 24.6 Å². The molecule has 0 saturated carbocycles. The molecule has 0 bridgehead atoms. The minimum absolute atomic E-state index is 0.0992. The van der Waals surface area contributed by atoms with Crippen LogP contribution >= 0.6 is 0 Å². The highest BCUT2D eigenvalue weighted by atomic mass is 19.1. The van der Waals surface area contributed by atoms with E-state index in [-0.39, 0.29) is 36.9 Å². The van der Waals surface area contributed by atoms with Gasteiger partial charge in [0.1, 0.15) is 24.7 Å². The molecular formula is C24H24FN7O6. The third kappa shape index (κ3) is 5.39. The normalized spacial score (nSPS) is 18.5. The number of ether oxygens (including phenoxy) is 2. The lowest BCUT2D eigenvalue weighted by Crippen LogP contribution is -2.41. The van der Waals surface area contributed by atoms with Gasteiger partial charge >= 0.3 is 17.9 Å². The van der Waals surface area contributed by atoms with E-state index >= 15 is 0 Å².